The van der Waals surface area contributed by atoms with Crippen LogP contribution >= 0.6 is 0 Å². The second kappa shape index (κ2) is 8.26. The normalized spacial score (nSPS) is 10.0. The molecule has 0 aliphatic rings. The molecule has 0 fully saturated rings. The summed E-state index contributed by atoms with van der Waals surface area (Å²) in [6.45, 7) is 0.956. The molecule has 0 aliphatic heterocycles. The maximum Gasteiger partial charge on any atom is 0.305 e. The van der Waals surface area contributed by atoms with Crippen molar-refractivity contribution in [1.82, 2.24) is 5.32 Å². The average molecular weight is 264 g/mol. The van der Waals surface area contributed by atoms with Gasteiger partial charge in [0, 0.05) is 18.5 Å². The average Bonchev–Trinajstić information content (AvgIpc) is 2.44. The number of carbonyl (C=O) groups is 2. The van der Waals surface area contributed by atoms with Gasteiger partial charge in [-0.05, 0) is 31.0 Å². The van der Waals surface area contributed by atoms with Gasteiger partial charge < -0.3 is 15.8 Å². The number of esters is 1. The summed E-state index contributed by atoms with van der Waals surface area (Å²) in [6.07, 6.45) is 1.55. The Morgan fingerprint density at radius 2 is 2.05 bits per heavy atom. The van der Waals surface area contributed by atoms with Gasteiger partial charge in [0.2, 0.25) is 0 Å². The smallest absolute Gasteiger partial charge is 0.305 e. The van der Waals surface area contributed by atoms with Crippen molar-refractivity contribution in [3.8, 4) is 0 Å². The lowest BCUT2D eigenvalue weighted by Crippen LogP contribution is -2.26. The van der Waals surface area contributed by atoms with E-state index in [2.05, 4.69) is 10.1 Å². The van der Waals surface area contributed by atoms with Gasteiger partial charge in [-0.2, -0.15) is 0 Å². The second-order valence-corrected chi connectivity index (χ2v) is 4.13. The number of rotatable bonds is 7. The molecule has 0 saturated heterocycles. The maximum absolute atomic E-state index is 12.0. The minimum Gasteiger partial charge on any atom is -0.469 e. The highest BCUT2D eigenvalue weighted by Crippen LogP contribution is 2.09. The minimum absolute atomic E-state index is 0.131. The first kappa shape index (κ1) is 15.2. The molecule has 3 N–H and O–H groups in total. The quantitative estimate of drug-likeness (QED) is 0.565. The highest BCUT2D eigenvalue weighted by Gasteiger charge is 2.09. The van der Waals surface area contributed by atoms with Crippen molar-refractivity contribution in [2.24, 2.45) is 5.73 Å². The number of hydrogen-bond donors (Lipinski definition) is 2. The molecule has 5 heteroatoms. The van der Waals surface area contributed by atoms with Crippen LogP contribution in [-0.2, 0) is 16.0 Å². The fourth-order valence-electron chi connectivity index (χ4n) is 1.75. The lowest BCUT2D eigenvalue weighted by molar-refractivity contribution is -0.140. The molecule has 1 aromatic rings. The number of nitrogens with one attached hydrogen (secondary N) is 1. The van der Waals surface area contributed by atoms with Gasteiger partial charge in [-0.15, -0.1) is 0 Å². The number of nitrogens with two attached hydrogens (primary N) is 1. The molecule has 0 atom stereocenters. The zero-order valence-electron chi connectivity index (χ0n) is 11.1. The number of benzene rings is 1. The lowest BCUT2D eigenvalue weighted by atomic mass is 10.0. The molecule has 0 bridgehead atoms. The van der Waals surface area contributed by atoms with Gasteiger partial charge in [-0.1, -0.05) is 18.2 Å². The van der Waals surface area contributed by atoms with Crippen molar-refractivity contribution in [2.45, 2.75) is 19.3 Å². The molecule has 0 aliphatic carbocycles. The molecule has 0 saturated carbocycles. The van der Waals surface area contributed by atoms with E-state index >= 15 is 0 Å². The zero-order valence-corrected chi connectivity index (χ0v) is 11.1. The van der Waals surface area contributed by atoms with Gasteiger partial charge in [-0.25, -0.2) is 0 Å². The molecule has 1 rings (SSSR count). The Balaban J connectivity index is 2.47. The predicted molar refractivity (Wildman–Crippen MR) is 72.8 cm³/mol. The van der Waals surface area contributed by atoms with Crippen LogP contribution < -0.4 is 11.1 Å². The fraction of sp³-hybridized carbons (Fsp3) is 0.429. The molecular weight excluding hydrogens is 244 g/mol. The first-order valence-corrected chi connectivity index (χ1v) is 6.32. The molecule has 5 nitrogen and oxygen atoms in total. The molecule has 104 valence electrons. The highest BCUT2D eigenvalue weighted by molar-refractivity contribution is 5.95. The summed E-state index contributed by atoms with van der Waals surface area (Å²) >= 11 is 0. The monoisotopic (exact) mass is 264 g/mol. The maximum atomic E-state index is 12.0. The number of amides is 1. The van der Waals surface area contributed by atoms with Gasteiger partial charge in [0.05, 0.1) is 7.11 Å². The first-order valence-electron chi connectivity index (χ1n) is 6.32. The molecule has 0 radical (unpaired) electrons. The standard InChI is InChI=1S/C14H20N2O3/c1-19-13(17)7-4-10-16-14(18)12-6-3-2-5-11(12)8-9-15/h2-3,5-6H,4,7-10,15H2,1H3,(H,16,18). The van der Waals surface area contributed by atoms with E-state index in [4.69, 9.17) is 5.73 Å². The Bertz CT molecular complexity index is 432. The van der Waals surface area contributed by atoms with Crippen LogP contribution in [0.3, 0.4) is 0 Å². The lowest BCUT2D eigenvalue weighted by Gasteiger charge is -2.09. The van der Waals surface area contributed by atoms with Crippen LogP contribution in [0.4, 0.5) is 0 Å². The number of methoxy groups -OCH3 is 1. The van der Waals surface area contributed by atoms with Gasteiger partial charge in [0.15, 0.2) is 0 Å². The van der Waals surface area contributed by atoms with Crippen LogP contribution in [0, 0.1) is 0 Å². The molecule has 0 aromatic heterocycles. The molecule has 19 heavy (non-hydrogen) atoms. The summed E-state index contributed by atoms with van der Waals surface area (Å²) < 4.78 is 4.53. The zero-order chi connectivity index (χ0) is 14.1. The largest absolute Gasteiger partial charge is 0.469 e. The van der Waals surface area contributed by atoms with E-state index in [9.17, 15) is 9.59 Å². The summed E-state index contributed by atoms with van der Waals surface area (Å²) in [7, 11) is 1.35. The number of carbonyl (C=O) groups excluding carboxylic acids is 2. The van der Waals surface area contributed by atoms with Gasteiger partial charge >= 0.3 is 5.97 Å². The van der Waals surface area contributed by atoms with Crippen molar-refractivity contribution in [2.75, 3.05) is 20.2 Å². The molecule has 0 heterocycles. The van der Waals surface area contributed by atoms with E-state index in [-0.39, 0.29) is 11.9 Å². The van der Waals surface area contributed by atoms with Gasteiger partial charge in [0.25, 0.3) is 5.91 Å². The number of ether oxygens (including phenoxy) is 1. The first-order chi connectivity index (χ1) is 9.19. The van der Waals surface area contributed by atoms with Crippen molar-refractivity contribution in [1.29, 1.82) is 0 Å². The van der Waals surface area contributed by atoms with Crippen molar-refractivity contribution in [3.63, 3.8) is 0 Å². The molecule has 1 amide bonds. The van der Waals surface area contributed by atoms with Crippen LogP contribution in [0.1, 0.15) is 28.8 Å². The Labute approximate surface area is 113 Å². The Morgan fingerprint density at radius 3 is 2.74 bits per heavy atom. The van der Waals surface area contributed by atoms with E-state index in [1.807, 2.05) is 18.2 Å². The van der Waals surface area contributed by atoms with Crippen LogP contribution in [0.5, 0.6) is 0 Å². The SMILES string of the molecule is COC(=O)CCCNC(=O)c1ccccc1CCN. The Hall–Kier alpha value is -1.88. The third-order valence-corrected chi connectivity index (χ3v) is 2.75. The summed E-state index contributed by atoms with van der Waals surface area (Å²) in [5, 5.41) is 2.79. The topological polar surface area (TPSA) is 81.4 Å². The number of hydrogen-bond acceptors (Lipinski definition) is 4. The third kappa shape index (κ3) is 5.09. The summed E-state index contributed by atoms with van der Waals surface area (Å²) in [5.41, 5.74) is 7.10. The molecular formula is C14H20N2O3. The summed E-state index contributed by atoms with van der Waals surface area (Å²) in [4.78, 5) is 22.9. The van der Waals surface area contributed by atoms with E-state index in [0.717, 1.165) is 5.56 Å². The van der Waals surface area contributed by atoms with Crippen molar-refractivity contribution >= 4 is 11.9 Å². The van der Waals surface area contributed by atoms with Crippen LogP contribution in [0.2, 0.25) is 0 Å². The molecule has 1 aromatic carbocycles. The fourth-order valence-corrected chi connectivity index (χ4v) is 1.75. The van der Waals surface area contributed by atoms with E-state index in [1.54, 1.807) is 6.07 Å². The van der Waals surface area contributed by atoms with E-state index < -0.39 is 0 Å². The van der Waals surface area contributed by atoms with Gasteiger partial charge in [0.1, 0.15) is 0 Å². The highest BCUT2D eigenvalue weighted by atomic mass is 16.5. The van der Waals surface area contributed by atoms with Crippen LogP contribution in [0.25, 0.3) is 0 Å². The second-order valence-electron chi connectivity index (χ2n) is 4.13. The van der Waals surface area contributed by atoms with E-state index in [0.29, 0.717) is 37.9 Å². The van der Waals surface area contributed by atoms with Crippen molar-refractivity contribution < 1.29 is 14.3 Å². The summed E-state index contributed by atoms with van der Waals surface area (Å²) in [6, 6.07) is 7.39. The molecule has 0 spiro atoms. The van der Waals surface area contributed by atoms with E-state index in [1.165, 1.54) is 7.11 Å². The Morgan fingerprint density at radius 1 is 1.32 bits per heavy atom. The predicted octanol–water partition coefficient (Wildman–Crippen LogP) is 0.871. The third-order valence-electron chi connectivity index (χ3n) is 2.75. The van der Waals surface area contributed by atoms with Crippen LogP contribution in [0.15, 0.2) is 24.3 Å². The minimum atomic E-state index is -0.266. The van der Waals surface area contributed by atoms with Crippen molar-refractivity contribution in [3.05, 3.63) is 35.4 Å². The molecule has 0 unspecified atom stereocenters. The Kier molecular flexibility index (Phi) is 6.60. The van der Waals surface area contributed by atoms with Crippen LogP contribution in [-0.4, -0.2) is 32.1 Å². The van der Waals surface area contributed by atoms with Gasteiger partial charge in [-0.3, -0.25) is 9.59 Å². The summed E-state index contributed by atoms with van der Waals surface area (Å²) in [5.74, 6) is -0.397.